The Morgan fingerprint density at radius 3 is 2.74 bits per heavy atom. The number of hydrogen-bond donors (Lipinski definition) is 2. The van der Waals surface area contributed by atoms with Gasteiger partial charge in [0.25, 0.3) is 0 Å². The van der Waals surface area contributed by atoms with E-state index in [1.165, 1.54) is 7.11 Å². The standard InChI is InChI=1S/C17H20N2O4/c1-17(11-23-2,10-15(21)22)19-14(20)9-13-6-3-5-12-7-4-8-18-16(12)13/h3-8H,9-11H2,1-2H3,(H,19,20)(H,21,22). The second-order valence-electron chi connectivity index (χ2n) is 5.78. The molecule has 6 nitrogen and oxygen atoms in total. The Hall–Kier alpha value is -2.47. The number of methoxy groups -OCH3 is 1. The van der Waals surface area contributed by atoms with Crippen molar-refractivity contribution in [3.05, 3.63) is 42.1 Å². The molecule has 23 heavy (non-hydrogen) atoms. The van der Waals surface area contributed by atoms with Crippen LogP contribution in [0.4, 0.5) is 0 Å². The van der Waals surface area contributed by atoms with Crippen LogP contribution >= 0.6 is 0 Å². The number of benzene rings is 1. The van der Waals surface area contributed by atoms with Crippen LogP contribution in [0.2, 0.25) is 0 Å². The van der Waals surface area contributed by atoms with Gasteiger partial charge in [-0.1, -0.05) is 24.3 Å². The third kappa shape index (κ3) is 4.50. The van der Waals surface area contributed by atoms with Gasteiger partial charge in [-0.2, -0.15) is 0 Å². The molecule has 0 fully saturated rings. The number of pyridine rings is 1. The van der Waals surface area contributed by atoms with Gasteiger partial charge in [0.1, 0.15) is 0 Å². The van der Waals surface area contributed by atoms with Gasteiger partial charge < -0.3 is 15.2 Å². The third-order valence-corrected chi connectivity index (χ3v) is 3.51. The zero-order valence-electron chi connectivity index (χ0n) is 13.2. The van der Waals surface area contributed by atoms with E-state index in [-0.39, 0.29) is 25.4 Å². The molecule has 2 rings (SSSR count). The minimum atomic E-state index is -0.989. The molecule has 1 atom stereocenters. The topological polar surface area (TPSA) is 88.5 Å². The minimum Gasteiger partial charge on any atom is -0.481 e. The highest BCUT2D eigenvalue weighted by Gasteiger charge is 2.29. The summed E-state index contributed by atoms with van der Waals surface area (Å²) in [6, 6.07) is 9.43. The fourth-order valence-electron chi connectivity index (χ4n) is 2.65. The number of carbonyl (C=O) groups excluding carboxylic acids is 1. The Morgan fingerprint density at radius 2 is 2.04 bits per heavy atom. The molecule has 0 spiro atoms. The summed E-state index contributed by atoms with van der Waals surface area (Å²) in [4.78, 5) is 27.6. The maximum atomic E-state index is 12.3. The first-order valence-electron chi connectivity index (χ1n) is 7.28. The number of aromatic nitrogens is 1. The highest BCUT2D eigenvalue weighted by atomic mass is 16.5. The van der Waals surface area contributed by atoms with E-state index in [4.69, 9.17) is 9.84 Å². The van der Waals surface area contributed by atoms with Crippen molar-refractivity contribution in [2.45, 2.75) is 25.3 Å². The van der Waals surface area contributed by atoms with Crippen molar-refractivity contribution in [3.63, 3.8) is 0 Å². The SMILES string of the molecule is COCC(C)(CC(=O)O)NC(=O)Cc1cccc2cccnc12. The molecule has 122 valence electrons. The van der Waals surface area contributed by atoms with Gasteiger partial charge in [0.2, 0.25) is 5.91 Å². The smallest absolute Gasteiger partial charge is 0.305 e. The normalized spacial score (nSPS) is 13.5. The molecule has 0 saturated heterocycles. The van der Waals surface area contributed by atoms with E-state index in [9.17, 15) is 9.59 Å². The number of nitrogens with zero attached hydrogens (tertiary/aromatic N) is 1. The van der Waals surface area contributed by atoms with Crippen LogP contribution < -0.4 is 5.32 Å². The molecule has 0 radical (unpaired) electrons. The summed E-state index contributed by atoms with van der Waals surface area (Å²) >= 11 is 0. The van der Waals surface area contributed by atoms with Crippen LogP contribution in [0, 0.1) is 0 Å². The number of carbonyl (C=O) groups is 2. The van der Waals surface area contributed by atoms with Crippen molar-refractivity contribution in [3.8, 4) is 0 Å². The summed E-state index contributed by atoms with van der Waals surface area (Å²) in [5.74, 6) is -1.25. The lowest BCUT2D eigenvalue weighted by Crippen LogP contribution is -2.51. The quantitative estimate of drug-likeness (QED) is 0.813. The molecule has 0 aliphatic heterocycles. The minimum absolute atomic E-state index is 0.124. The van der Waals surface area contributed by atoms with Gasteiger partial charge in [0.15, 0.2) is 0 Å². The number of fused-ring (bicyclic) bond motifs is 1. The van der Waals surface area contributed by atoms with E-state index in [2.05, 4.69) is 10.3 Å². The van der Waals surface area contributed by atoms with Crippen LogP contribution in [0.5, 0.6) is 0 Å². The van der Waals surface area contributed by atoms with Crippen molar-refractivity contribution >= 4 is 22.8 Å². The molecule has 2 N–H and O–H groups in total. The molecule has 0 aliphatic rings. The number of hydrogen-bond acceptors (Lipinski definition) is 4. The van der Waals surface area contributed by atoms with Crippen molar-refractivity contribution in [1.29, 1.82) is 0 Å². The first-order chi connectivity index (χ1) is 10.9. The van der Waals surface area contributed by atoms with E-state index in [0.29, 0.717) is 0 Å². The van der Waals surface area contributed by atoms with Gasteiger partial charge >= 0.3 is 5.97 Å². The molecular formula is C17H20N2O4. The Morgan fingerprint density at radius 1 is 1.30 bits per heavy atom. The number of ether oxygens (including phenoxy) is 1. The summed E-state index contributed by atoms with van der Waals surface area (Å²) in [5, 5.41) is 12.7. The number of para-hydroxylation sites is 1. The predicted octanol–water partition coefficient (Wildman–Crippen LogP) is 1.77. The average molecular weight is 316 g/mol. The van der Waals surface area contributed by atoms with Crippen LogP contribution in [0.1, 0.15) is 18.9 Å². The summed E-state index contributed by atoms with van der Waals surface area (Å²) in [5.41, 5.74) is 0.628. The molecule has 0 saturated carbocycles. The maximum Gasteiger partial charge on any atom is 0.305 e. The number of amides is 1. The molecule has 0 bridgehead atoms. The molecule has 2 aromatic rings. The zero-order valence-corrected chi connectivity index (χ0v) is 13.2. The monoisotopic (exact) mass is 316 g/mol. The third-order valence-electron chi connectivity index (χ3n) is 3.51. The summed E-state index contributed by atoms with van der Waals surface area (Å²) in [6.07, 6.45) is 1.61. The molecule has 1 aromatic heterocycles. The Bertz CT molecular complexity index is 711. The largest absolute Gasteiger partial charge is 0.481 e. The summed E-state index contributed by atoms with van der Waals surface area (Å²) in [7, 11) is 1.47. The summed E-state index contributed by atoms with van der Waals surface area (Å²) in [6.45, 7) is 1.78. The zero-order chi connectivity index (χ0) is 16.9. The van der Waals surface area contributed by atoms with Gasteiger partial charge in [-0.3, -0.25) is 14.6 Å². The lowest BCUT2D eigenvalue weighted by Gasteiger charge is -2.28. The molecule has 1 heterocycles. The Balaban J connectivity index is 2.15. The first kappa shape index (κ1) is 16.9. The maximum absolute atomic E-state index is 12.3. The van der Waals surface area contributed by atoms with Crippen LogP contribution in [-0.2, 0) is 20.7 Å². The number of rotatable bonds is 7. The van der Waals surface area contributed by atoms with E-state index in [1.54, 1.807) is 13.1 Å². The molecule has 0 aliphatic carbocycles. The van der Waals surface area contributed by atoms with Gasteiger partial charge in [0, 0.05) is 18.7 Å². The first-order valence-corrected chi connectivity index (χ1v) is 7.28. The van der Waals surface area contributed by atoms with Gasteiger partial charge in [-0.15, -0.1) is 0 Å². The van der Waals surface area contributed by atoms with E-state index < -0.39 is 11.5 Å². The van der Waals surface area contributed by atoms with E-state index in [0.717, 1.165) is 16.5 Å². The van der Waals surface area contributed by atoms with Crippen LogP contribution in [0.25, 0.3) is 10.9 Å². The average Bonchev–Trinajstić information content (AvgIpc) is 2.46. The van der Waals surface area contributed by atoms with Crippen molar-refractivity contribution in [2.24, 2.45) is 0 Å². The lowest BCUT2D eigenvalue weighted by atomic mass is 9.98. The van der Waals surface area contributed by atoms with Crippen molar-refractivity contribution in [2.75, 3.05) is 13.7 Å². The van der Waals surface area contributed by atoms with Crippen LogP contribution in [-0.4, -0.2) is 41.2 Å². The van der Waals surface area contributed by atoms with Gasteiger partial charge in [-0.25, -0.2) is 0 Å². The number of carboxylic acids is 1. The van der Waals surface area contributed by atoms with Crippen LogP contribution in [0.3, 0.4) is 0 Å². The van der Waals surface area contributed by atoms with E-state index in [1.807, 2.05) is 30.3 Å². The fourth-order valence-corrected chi connectivity index (χ4v) is 2.65. The van der Waals surface area contributed by atoms with Crippen molar-refractivity contribution in [1.82, 2.24) is 10.3 Å². The molecule has 1 unspecified atom stereocenters. The molecule has 6 heteroatoms. The molecule has 1 aromatic carbocycles. The molecular weight excluding hydrogens is 296 g/mol. The van der Waals surface area contributed by atoms with E-state index >= 15 is 0 Å². The molecule has 1 amide bonds. The number of aliphatic carboxylic acids is 1. The highest BCUT2D eigenvalue weighted by molar-refractivity contribution is 5.88. The number of nitrogens with one attached hydrogen (secondary N) is 1. The summed E-state index contributed by atoms with van der Waals surface area (Å²) < 4.78 is 5.04. The second kappa shape index (κ2) is 7.19. The van der Waals surface area contributed by atoms with Crippen LogP contribution in [0.15, 0.2) is 36.5 Å². The van der Waals surface area contributed by atoms with Gasteiger partial charge in [-0.05, 0) is 18.6 Å². The second-order valence-corrected chi connectivity index (χ2v) is 5.78. The fraction of sp³-hybridized carbons (Fsp3) is 0.353. The van der Waals surface area contributed by atoms with Gasteiger partial charge in [0.05, 0.1) is 30.5 Å². The lowest BCUT2D eigenvalue weighted by molar-refractivity contribution is -0.139. The highest BCUT2D eigenvalue weighted by Crippen LogP contribution is 2.17. The Kier molecular flexibility index (Phi) is 5.28. The predicted molar refractivity (Wildman–Crippen MR) is 86.1 cm³/mol. The Labute approximate surface area is 134 Å². The van der Waals surface area contributed by atoms with Crippen molar-refractivity contribution < 1.29 is 19.4 Å². The number of carboxylic acid groups (broad SMARTS) is 1.